The van der Waals surface area contributed by atoms with Crippen LogP contribution in [0.2, 0.25) is 0 Å². The quantitative estimate of drug-likeness (QED) is 0.820. The average molecular weight is 359 g/mol. The fraction of sp³-hybridized carbons (Fsp3) is 0.154. The van der Waals surface area contributed by atoms with Crippen molar-refractivity contribution in [2.45, 2.75) is 6.54 Å². The van der Waals surface area contributed by atoms with Gasteiger partial charge in [0.2, 0.25) is 0 Å². The predicted octanol–water partition coefficient (Wildman–Crippen LogP) is 3.57. The third kappa shape index (κ3) is 3.10. The maximum Gasteiger partial charge on any atom is 0.338 e. The highest BCUT2D eigenvalue weighted by atomic mass is 79.9. The fourth-order valence-electron chi connectivity index (χ4n) is 1.83. The molecule has 1 aromatic carbocycles. The van der Waals surface area contributed by atoms with Crippen molar-refractivity contribution in [1.82, 2.24) is 0 Å². The molecule has 20 heavy (non-hydrogen) atoms. The van der Waals surface area contributed by atoms with Gasteiger partial charge in [-0.2, -0.15) is 0 Å². The second-order valence-corrected chi connectivity index (χ2v) is 6.19. The molecule has 7 heteroatoms. The number of aromatic carboxylic acids is 1. The molecule has 0 spiro atoms. The predicted molar refractivity (Wildman–Crippen MR) is 81.9 cm³/mol. The lowest BCUT2D eigenvalue weighted by molar-refractivity contribution is 0.0692. The molecular formula is C13H12BrFN2O2S. The van der Waals surface area contributed by atoms with Gasteiger partial charge in [0.15, 0.2) is 0 Å². The molecule has 0 saturated heterocycles. The van der Waals surface area contributed by atoms with Crippen molar-refractivity contribution in [2.24, 2.45) is 0 Å². The number of nitrogens with zero attached hydrogens (tertiary/aromatic N) is 1. The first-order chi connectivity index (χ1) is 9.38. The summed E-state index contributed by atoms with van der Waals surface area (Å²) in [6, 6.07) is 4.27. The summed E-state index contributed by atoms with van der Waals surface area (Å²) in [4.78, 5) is 13.7. The first kappa shape index (κ1) is 14.8. The van der Waals surface area contributed by atoms with E-state index < -0.39 is 17.3 Å². The summed E-state index contributed by atoms with van der Waals surface area (Å²) in [5, 5.41) is 10.8. The van der Waals surface area contributed by atoms with Crippen LogP contribution < -0.4 is 10.6 Å². The number of anilines is 2. The Labute approximate surface area is 127 Å². The van der Waals surface area contributed by atoms with Crippen molar-refractivity contribution in [3.63, 3.8) is 0 Å². The van der Waals surface area contributed by atoms with Crippen LogP contribution in [0.25, 0.3) is 0 Å². The number of halogens is 2. The van der Waals surface area contributed by atoms with E-state index in [0.717, 1.165) is 21.5 Å². The normalized spacial score (nSPS) is 10.6. The topological polar surface area (TPSA) is 66.6 Å². The number of nitrogen functional groups attached to an aromatic ring is 1. The number of nitrogens with two attached hydrogens (primary N) is 1. The molecule has 106 valence electrons. The van der Waals surface area contributed by atoms with Gasteiger partial charge in [-0.15, -0.1) is 11.3 Å². The van der Waals surface area contributed by atoms with Gasteiger partial charge >= 0.3 is 5.97 Å². The largest absolute Gasteiger partial charge is 0.478 e. The van der Waals surface area contributed by atoms with E-state index >= 15 is 0 Å². The van der Waals surface area contributed by atoms with Crippen LogP contribution in [0.5, 0.6) is 0 Å². The molecule has 0 aliphatic rings. The van der Waals surface area contributed by atoms with Crippen molar-refractivity contribution < 1.29 is 14.3 Å². The van der Waals surface area contributed by atoms with Gasteiger partial charge in [-0.05, 0) is 28.1 Å². The highest BCUT2D eigenvalue weighted by molar-refractivity contribution is 9.10. The molecule has 0 radical (unpaired) electrons. The van der Waals surface area contributed by atoms with Crippen molar-refractivity contribution in [2.75, 3.05) is 17.7 Å². The van der Waals surface area contributed by atoms with Gasteiger partial charge in [0.25, 0.3) is 0 Å². The van der Waals surface area contributed by atoms with Gasteiger partial charge in [0, 0.05) is 27.8 Å². The Morgan fingerprint density at radius 1 is 1.50 bits per heavy atom. The van der Waals surface area contributed by atoms with Gasteiger partial charge in [0.05, 0.1) is 23.5 Å². The molecule has 0 aliphatic heterocycles. The second kappa shape index (κ2) is 5.80. The van der Waals surface area contributed by atoms with Gasteiger partial charge in [-0.25, -0.2) is 9.18 Å². The minimum absolute atomic E-state index is 0.238. The number of carboxylic acids is 1. The summed E-state index contributed by atoms with van der Waals surface area (Å²) in [5.74, 6) is -2.12. The zero-order valence-corrected chi connectivity index (χ0v) is 13.0. The molecule has 2 aromatic rings. The van der Waals surface area contributed by atoms with Crippen LogP contribution in [0, 0.1) is 5.82 Å². The Morgan fingerprint density at radius 2 is 2.20 bits per heavy atom. The SMILES string of the molecule is CN(Cc1cc(Br)cs1)c1cc(F)c(C(=O)O)cc1N. The molecule has 0 amide bonds. The van der Waals surface area contributed by atoms with Crippen molar-refractivity contribution in [1.29, 1.82) is 0 Å². The van der Waals surface area contributed by atoms with Crippen LogP contribution in [0.1, 0.15) is 15.2 Å². The van der Waals surface area contributed by atoms with E-state index in [1.54, 1.807) is 23.3 Å². The maximum absolute atomic E-state index is 13.7. The van der Waals surface area contributed by atoms with Crippen molar-refractivity contribution in [3.8, 4) is 0 Å². The Balaban J connectivity index is 2.28. The number of hydrogen-bond acceptors (Lipinski definition) is 4. The Morgan fingerprint density at radius 3 is 2.75 bits per heavy atom. The van der Waals surface area contributed by atoms with Crippen LogP contribution in [-0.2, 0) is 6.54 Å². The molecule has 0 fully saturated rings. The number of carboxylic acid groups (broad SMARTS) is 1. The van der Waals surface area contributed by atoms with E-state index in [0.29, 0.717) is 12.2 Å². The molecule has 0 bridgehead atoms. The molecular weight excluding hydrogens is 347 g/mol. The summed E-state index contributed by atoms with van der Waals surface area (Å²) < 4.78 is 14.7. The van der Waals surface area contributed by atoms with E-state index in [2.05, 4.69) is 15.9 Å². The summed E-state index contributed by atoms with van der Waals surface area (Å²) >= 11 is 4.95. The van der Waals surface area contributed by atoms with Crippen molar-refractivity contribution in [3.05, 3.63) is 44.3 Å². The minimum atomic E-state index is -1.33. The van der Waals surface area contributed by atoms with Crippen LogP contribution in [-0.4, -0.2) is 18.1 Å². The molecule has 2 rings (SSSR count). The first-order valence-electron chi connectivity index (χ1n) is 5.65. The number of benzene rings is 1. The zero-order chi connectivity index (χ0) is 14.9. The zero-order valence-electron chi connectivity index (χ0n) is 10.6. The smallest absolute Gasteiger partial charge is 0.338 e. The first-order valence-corrected chi connectivity index (χ1v) is 7.32. The van der Waals surface area contributed by atoms with Gasteiger partial charge in [0.1, 0.15) is 5.82 Å². The third-order valence-corrected chi connectivity index (χ3v) is 4.46. The Hall–Kier alpha value is -1.60. The fourth-order valence-corrected chi connectivity index (χ4v) is 3.33. The highest BCUT2D eigenvalue weighted by Gasteiger charge is 2.16. The summed E-state index contributed by atoms with van der Waals surface area (Å²) in [7, 11) is 1.78. The van der Waals surface area contributed by atoms with Crippen LogP contribution in [0.3, 0.4) is 0 Å². The molecule has 3 N–H and O–H groups in total. The third-order valence-electron chi connectivity index (χ3n) is 2.77. The summed E-state index contributed by atoms with van der Waals surface area (Å²) in [6.45, 7) is 0.562. The maximum atomic E-state index is 13.7. The molecule has 0 aliphatic carbocycles. The Kier molecular flexibility index (Phi) is 4.29. The Bertz CT molecular complexity index is 660. The van der Waals surface area contributed by atoms with Crippen molar-refractivity contribution >= 4 is 44.6 Å². The number of hydrogen-bond donors (Lipinski definition) is 2. The lowest BCUT2D eigenvalue weighted by Crippen LogP contribution is -2.18. The number of rotatable bonds is 4. The van der Waals surface area contributed by atoms with Gasteiger partial charge in [-0.1, -0.05) is 0 Å². The lowest BCUT2D eigenvalue weighted by atomic mass is 10.1. The van der Waals surface area contributed by atoms with E-state index in [-0.39, 0.29) is 5.69 Å². The minimum Gasteiger partial charge on any atom is -0.478 e. The van der Waals surface area contributed by atoms with E-state index in [1.165, 1.54) is 0 Å². The average Bonchev–Trinajstić information content (AvgIpc) is 2.76. The van der Waals surface area contributed by atoms with Crippen LogP contribution in [0.15, 0.2) is 28.1 Å². The highest BCUT2D eigenvalue weighted by Crippen LogP contribution is 2.29. The van der Waals surface area contributed by atoms with Gasteiger partial charge < -0.3 is 15.7 Å². The lowest BCUT2D eigenvalue weighted by Gasteiger charge is -2.21. The molecule has 1 aromatic heterocycles. The second-order valence-electron chi connectivity index (χ2n) is 4.28. The number of thiophene rings is 1. The summed E-state index contributed by atoms with van der Waals surface area (Å²) in [6.07, 6.45) is 0. The molecule has 0 atom stereocenters. The molecule has 4 nitrogen and oxygen atoms in total. The molecule has 1 heterocycles. The monoisotopic (exact) mass is 358 g/mol. The molecule has 0 unspecified atom stereocenters. The van der Waals surface area contributed by atoms with Crippen LogP contribution in [0.4, 0.5) is 15.8 Å². The van der Waals surface area contributed by atoms with Crippen LogP contribution >= 0.6 is 27.3 Å². The molecule has 0 saturated carbocycles. The standard InChI is InChI=1S/C13H12BrFN2O2S/c1-17(5-8-2-7(14)6-20-8)12-4-10(15)9(13(18)19)3-11(12)16/h2-4,6H,5,16H2,1H3,(H,18,19). The van der Waals surface area contributed by atoms with Gasteiger partial charge in [-0.3, -0.25) is 0 Å². The summed E-state index contributed by atoms with van der Waals surface area (Å²) in [5.41, 5.74) is 6.10. The van der Waals surface area contributed by atoms with E-state index in [9.17, 15) is 9.18 Å². The van der Waals surface area contributed by atoms with E-state index in [4.69, 9.17) is 10.8 Å². The van der Waals surface area contributed by atoms with E-state index in [1.807, 2.05) is 11.4 Å². The number of carbonyl (C=O) groups is 1.